The van der Waals surface area contributed by atoms with Gasteiger partial charge in [0.15, 0.2) is 17.5 Å². The molecule has 0 saturated heterocycles. The summed E-state index contributed by atoms with van der Waals surface area (Å²) in [7, 11) is 4.11. The molecule has 2 aliphatic heterocycles. The molecule has 4 aromatic carbocycles. The Morgan fingerprint density at radius 2 is 1.56 bits per heavy atom. The van der Waals surface area contributed by atoms with Crippen LogP contribution in [0, 0.1) is 6.92 Å². The van der Waals surface area contributed by atoms with E-state index in [4.69, 9.17) is 19.8 Å². The van der Waals surface area contributed by atoms with Crippen LogP contribution in [0.2, 0.25) is 0 Å². The molecule has 0 amide bonds. The van der Waals surface area contributed by atoms with E-state index in [1.54, 1.807) is 0 Å². The normalized spacial score (nSPS) is 15.1. The molecule has 0 unspecified atom stereocenters. The van der Waals surface area contributed by atoms with Crippen molar-refractivity contribution in [1.29, 1.82) is 0 Å². The molecular formula is C35H33N7O. The zero-order valence-electron chi connectivity index (χ0n) is 24.7. The van der Waals surface area contributed by atoms with Crippen LogP contribution < -0.4 is 19.9 Å². The highest BCUT2D eigenvalue weighted by Gasteiger charge is 2.41. The molecule has 0 spiro atoms. The summed E-state index contributed by atoms with van der Waals surface area (Å²) in [6, 6.07) is 34.9. The highest BCUT2D eigenvalue weighted by molar-refractivity contribution is 6.51. The van der Waals surface area contributed by atoms with E-state index in [0.29, 0.717) is 12.4 Å². The first kappa shape index (κ1) is 26.5. The summed E-state index contributed by atoms with van der Waals surface area (Å²) in [4.78, 5) is 14.9. The lowest BCUT2D eigenvalue weighted by atomic mass is 9.93. The number of anilines is 3. The quantitative estimate of drug-likeness (QED) is 0.231. The predicted octanol–water partition coefficient (Wildman–Crippen LogP) is 7.44. The molecule has 0 bridgehead atoms. The topological polar surface area (TPSA) is 70.3 Å². The average molecular weight is 568 g/mol. The van der Waals surface area contributed by atoms with Crippen LogP contribution in [0.5, 0.6) is 5.75 Å². The molecule has 0 fully saturated rings. The number of aryl methyl sites for hydroxylation is 1. The third-order valence-corrected chi connectivity index (χ3v) is 7.80. The Morgan fingerprint density at radius 1 is 0.837 bits per heavy atom. The molecule has 0 aliphatic carbocycles. The van der Waals surface area contributed by atoms with E-state index in [0.717, 1.165) is 62.7 Å². The van der Waals surface area contributed by atoms with Crippen molar-refractivity contribution in [2.75, 3.05) is 35.8 Å². The van der Waals surface area contributed by atoms with Crippen molar-refractivity contribution in [2.45, 2.75) is 19.9 Å². The van der Waals surface area contributed by atoms with Gasteiger partial charge in [0.25, 0.3) is 0 Å². The molecule has 8 heteroatoms. The van der Waals surface area contributed by atoms with Crippen LogP contribution in [0.15, 0.2) is 113 Å². The van der Waals surface area contributed by atoms with Crippen LogP contribution >= 0.6 is 0 Å². The molecule has 1 atom stereocenters. The SMILES string of the molecule is CCOc1ccccc1NC1=Nc2ccccc2N2C1=Nc1c(c(C)nn1-c1ccccc1)[C@@H]2c1ccc(N(C)C)cc1. The Kier molecular flexibility index (Phi) is 6.66. The fourth-order valence-electron chi connectivity index (χ4n) is 5.80. The minimum absolute atomic E-state index is 0.188. The maximum absolute atomic E-state index is 5.95. The number of rotatable bonds is 6. The minimum Gasteiger partial charge on any atom is -0.492 e. The van der Waals surface area contributed by atoms with Crippen molar-refractivity contribution < 1.29 is 4.74 Å². The van der Waals surface area contributed by atoms with Crippen molar-refractivity contribution in [2.24, 2.45) is 9.98 Å². The number of nitrogens with zero attached hydrogens (tertiary/aromatic N) is 6. The van der Waals surface area contributed by atoms with Crippen molar-refractivity contribution >= 4 is 40.2 Å². The second kappa shape index (κ2) is 10.8. The number of hydrogen-bond donors (Lipinski definition) is 1. The smallest absolute Gasteiger partial charge is 0.179 e. The molecule has 0 saturated carbocycles. The number of aliphatic imine (C=N–C) groups is 2. The van der Waals surface area contributed by atoms with Gasteiger partial charge in [-0.25, -0.2) is 14.7 Å². The molecule has 8 nitrogen and oxygen atoms in total. The maximum Gasteiger partial charge on any atom is 0.179 e. The molecule has 214 valence electrons. The van der Waals surface area contributed by atoms with E-state index in [-0.39, 0.29) is 6.04 Å². The number of hydrogen-bond acceptors (Lipinski definition) is 7. The van der Waals surface area contributed by atoms with E-state index < -0.39 is 0 Å². The molecule has 43 heavy (non-hydrogen) atoms. The summed E-state index contributed by atoms with van der Waals surface area (Å²) in [6.07, 6.45) is 0. The first-order valence-corrected chi connectivity index (χ1v) is 14.5. The summed E-state index contributed by atoms with van der Waals surface area (Å²) in [5.74, 6) is 2.92. The Balaban J connectivity index is 1.47. The highest BCUT2D eigenvalue weighted by atomic mass is 16.5. The molecule has 1 N–H and O–H groups in total. The van der Waals surface area contributed by atoms with Crippen LogP contribution in [0.1, 0.15) is 29.8 Å². The largest absolute Gasteiger partial charge is 0.492 e. The summed E-state index contributed by atoms with van der Waals surface area (Å²) < 4.78 is 7.90. The summed E-state index contributed by atoms with van der Waals surface area (Å²) in [5.41, 5.74) is 7.91. The van der Waals surface area contributed by atoms with Crippen molar-refractivity contribution in [3.63, 3.8) is 0 Å². The Morgan fingerprint density at radius 3 is 2.33 bits per heavy atom. The number of para-hydroxylation sites is 5. The number of nitrogens with one attached hydrogen (secondary N) is 1. The van der Waals surface area contributed by atoms with Crippen molar-refractivity contribution in [3.05, 3.63) is 120 Å². The second-order valence-electron chi connectivity index (χ2n) is 10.8. The van der Waals surface area contributed by atoms with Crippen LogP contribution in [0.3, 0.4) is 0 Å². The maximum atomic E-state index is 5.95. The third-order valence-electron chi connectivity index (χ3n) is 7.80. The fourth-order valence-corrected chi connectivity index (χ4v) is 5.80. The molecule has 5 aromatic rings. The van der Waals surface area contributed by atoms with Crippen LogP contribution in [-0.2, 0) is 0 Å². The van der Waals surface area contributed by atoms with E-state index in [9.17, 15) is 0 Å². The number of fused-ring (bicyclic) bond motifs is 4. The monoisotopic (exact) mass is 567 g/mol. The summed E-state index contributed by atoms with van der Waals surface area (Å²) >= 11 is 0. The van der Waals surface area contributed by atoms with Gasteiger partial charge in [0, 0.05) is 25.3 Å². The minimum atomic E-state index is -0.188. The van der Waals surface area contributed by atoms with Crippen LogP contribution in [0.25, 0.3) is 5.69 Å². The van der Waals surface area contributed by atoms with E-state index in [1.165, 1.54) is 0 Å². The van der Waals surface area contributed by atoms with Crippen molar-refractivity contribution in [1.82, 2.24) is 9.78 Å². The second-order valence-corrected chi connectivity index (χ2v) is 10.8. The van der Waals surface area contributed by atoms with Gasteiger partial charge in [-0.15, -0.1) is 0 Å². The number of aromatic nitrogens is 2. The van der Waals surface area contributed by atoms with Gasteiger partial charge in [0.2, 0.25) is 0 Å². The zero-order chi connectivity index (χ0) is 29.5. The predicted molar refractivity (Wildman–Crippen MR) is 175 cm³/mol. The van der Waals surface area contributed by atoms with E-state index in [2.05, 4.69) is 84.7 Å². The molecule has 7 rings (SSSR count). The van der Waals surface area contributed by atoms with Gasteiger partial charge in [-0.05, 0) is 67.9 Å². The van der Waals surface area contributed by atoms with Gasteiger partial charge in [-0.1, -0.05) is 54.6 Å². The Bertz CT molecular complexity index is 1860. The first-order chi connectivity index (χ1) is 21.0. The van der Waals surface area contributed by atoms with Gasteiger partial charge in [-0.2, -0.15) is 5.10 Å². The van der Waals surface area contributed by atoms with Gasteiger partial charge >= 0.3 is 0 Å². The lowest BCUT2D eigenvalue weighted by molar-refractivity contribution is 0.342. The molecular weight excluding hydrogens is 534 g/mol. The first-order valence-electron chi connectivity index (χ1n) is 14.5. The summed E-state index contributed by atoms with van der Waals surface area (Å²) in [5, 5.41) is 8.62. The van der Waals surface area contributed by atoms with Gasteiger partial charge < -0.3 is 19.9 Å². The van der Waals surface area contributed by atoms with Gasteiger partial charge in [-0.3, -0.25) is 0 Å². The number of benzene rings is 4. The lowest BCUT2D eigenvalue weighted by Gasteiger charge is -2.40. The van der Waals surface area contributed by atoms with E-state index >= 15 is 0 Å². The van der Waals surface area contributed by atoms with Crippen LogP contribution in [-0.4, -0.2) is 42.2 Å². The van der Waals surface area contributed by atoms with Gasteiger partial charge in [0.05, 0.1) is 41.1 Å². The highest BCUT2D eigenvalue weighted by Crippen LogP contribution is 2.48. The molecule has 2 aliphatic rings. The number of amidine groups is 2. The standard InChI is InChI=1S/C35H33N7O/c1-5-43-30-18-12-10-16-28(30)37-33-35-38-34-31(23(2)39-42(34)26-13-7-6-8-14-26)32(24-19-21-25(22-20-24)40(3)4)41(35)29-17-11-9-15-27(29)36-33/h6-22,32H,5H2,1-4H3,(H,36,37)/t32-/m0/s1. The zero-order valence-corrected chi connectivity index (χ0v) is 24.7. The fraction of sp³-hybridized carbons (Fsp3) is 0.171. The third kappa shape index (κ3) is 4.61. The number of ether oxygens (including phenoxy) is 1. The lowest BCUT2D eigenvalue weighted by Crippen LogP contribution is -2.46. The Labute approximate surface area is 251 Å². The Hall–Kier alpha value is -5.37. The average Bonchev–Trinajstić information content (AvgIpc) is 3.37. The summed E-state index contributed by atoms with van der Waals surface area (Å²) in [6.45, 7) is 4.62. The molecule has 0 radical (unpaired) electrons. The van der Waals surface area contributed by atoms with Crippen molar-refractivity contribution in [3.8, 4) is 11.4 Å². The molecule has 1 aromatic heterocycles. The van der Waals surface area contributed by atoms with E-state index in [1.807, 2.05) is 66.2 Å². The van der Waals surface area contributed by atoms with Crippen LogP contribution in [0.4, 0.5) is 28.6 Å². The molecule has 3 heterocycles. The van der Waals surface area contributed by atoms with Gasteiger partial charge in [0.1, 0.15) is 5.75 Å².